The van der Waals surface area contributed by atoms with Gasteiger partial charge < -0.3 is 5.11 Å². The van der Waals surface area contributed by atoms with Gasteiger partial charge in [0, 0.05) is 15.8 Å². The first kappa shape index (κ1) is 25.2. The van der Waals surface area contributed by atoms with E-state index < -0.39 is 23.5 Å². The van der Waals surface area contributed by atoms with Crippen LogP contribution in [0.2, 0.25) is 0 Å². The van der Waals surface area contributed by atoms with E-state index in [4.69, 9.17) is 0 Å². The summed E-state index contributed by atoms with van der Waals surface area (Å²) in [6.07, 6.45) is 0. The van der Waals surface area contributed by atoms with Crippen LogP contribution in [0.3, 0.4) is 0 Å². The SMILES string of the molecule is O=C1C(=O)N(c2nnc(SCc3ccccc3F)s2)C(c2ccc(F)cc2)/C1=C(/O)c1ccc(Br)cc1. The highest BCUT2D eigenvalue weighted by Crippen LogP contribution is 2.44. The highest BCUT2D eigenvalue weighted by atomic mass is 79.9. The molecule has 1 fully saturated rings. The lowest BCUT2D eigenvalue weighted by Crippen LogP contribution is -2.29. The van der Waals surface area contributed by atoms with Crippen LogP contribution in [-0.2, 0) is 15.3 Å². The molecular formula is C26H16BrF2N3O3S2. The lowest BCUT2D eigenvalue weighted by atomic mass is 9.95. The van der Waals surface area contributed by atoms with Crippen molar-refractivity contribution in [1.82, 2.24) is 10.2 Å². The van der Waals surface area contributed by atoms with Crippen LogP contribution in [0.25, 0.3) is 5.76 Å². The summed E-state index contributed by atoms with van der Waals surface area (Å²) in [6, 6.07) is 17.2. The van der Waals surface area contributed by atoms with Crippen LogP contribution in [0.1, 0.15) is 22.7 Å². The number of Topliss-reactive ketones (excluding diaryl/α,β-unsaturated/α-hetero) is 1. The monoisotopic (exact) mass is 599 g/mol. The average Bonchev–Trinajstić information content (AvgIpc) is 3.46. The zero-order valence-electron chi connectivity index (χ0n) is 18.8. The van der Waals surface area contributed by atoms with Crippen molar-refractivity contribution in [3.05, 3.63) is 111 Å². The van der Waals surface area contributed by atoms with Gasteiger partial charge >= 0.3 is 5.91 Å². The lowest BCUT2D eigenvalue weighted by Gasteiger charge is -2.22. The fourth-order valence-corrected chi connectivity index (χ4v) is 5.98. The second-order valence-corrected chi connectivity index (χ2v) is 11.1. The quantitative estimate of drug-likeness (QED) is 0.0895. The second-order valence-electron chi connectivity index (χ2n) is 7.96. The summed E-state index contributed by atoms with van der Waals surface area (Å²) in [7, 11) is 0. The Morgan fingerprint density at radius 3 is 2.41 bits per heavy atom. The fourth-order valence-electron chi connectivity index (χ4n) is 3.87. The number of ketones is 1. The predicted molar refractivity (Wildman–Crippen MR) is 141 cm³/mol. The molecule has 1 saturated heterocycles. The number of hydrogen-bond acceptors (Lipinski definition) is 7. The number of halogens is 3. The molecule has 1 amide bonds. The molecule has 0 bridgehead atoms. The summed E-state index contributed by atoms with van der Waals surface area (Å²) in [5, 5.41) is 19.5. The number of carbonyl (C=O) groups is 2. The number of anilines is 1. The number of carbonyl (C=O) groups excluding carboxylic acids is 2. The summed E-state index contributed by atoms with van der Waals surface area (Å²) < 4.78 is 28.9. The van der Waals surface area contributed by atoms with E-state index >= 15 is 0 Å². The minimum Gasteiger partial charge on any atom is -0.507 e. The zero-order chi connectivity index (χ0) is 26.1. The van der Waals surface area contributed by atoms with Gasteiger partial charge in [-0.1, -0.05) is 81.5 Å². The van der Waals surface area contributed by atoms with Crippen molar-refractivity contribution >= 4 is 61.6 Å². The third-order valence-corrected chi connectivity index (χ3v) is 8.29. The van der Waals surface area contributed by atoms with Gasteiger partial charge in [-0.05, 0) is 41.5 Å². The third-order valence-electron chi connectivity index (χ3n) is 5.66. The molecule has 5 rings (SSSR count). The van der Waals surface area contributed by atoms with Crippen LogP contribution in [0.5, 0.6) is 0 Å². The van der Waals surface area contributed by atoms with Crippen LogP contribution in [0.4, 0.5) is 13.9 Å². The van der Waals surface area contributed by atoms with Crippen molar-refractivity contribution in [3.63, 3.8) is 0 Å². The Kier molecular flexibility index (Phi) is 7.18. The number of thioether (sulfide) groups is 1. The summed E-state index contributed by atoms with van der Waals surface area (Å²) in [5.41, 5.74) is 1.10. The van der Waals surface area contributed by atoms with Crippen molar-refractivity contribution in [1.29, 1.82) is 0 Å². The summed E-state index contributed by atoms with van der Waals surface area (Å²) in [6.45, 7) is 0. The smallest absolute Gasteiger partial charge is 0.301 e. The highest BCUT2D eigenvalue weighted by molar-refractivity contribution is 9.10. The number of aliphatic hydroxyl groups is 1. The minimum atomic E-state index is -1.05. The zero-order valence-corrected chi connectivity index (χ0v) is 22.0. The molecule has 0 aliphatic carbocycles. The van der Waals surface area contributed by atoms with Gasteiger partial charge in [0.05, 0.1) is 11.6 Å². The first-order chi connectivity index (χ1) is 17.8. The molecule has 37 heavy (non-hydrogen) atoms. The molecule has 1 aromatic heterocycles. The number of aliphatic hydroxyl groups excluding tert-OH is 1. The van der Waals surface area contributed by atoms with Crippen LogP contribution in [-0.4, -0.2) is 27.0 Å². The Hall–Kier alpha value is -3.41. The Labute approximate surface area is 226 Å². The molecule has 1 unspecified atom stereocenters. The van der Waals surface area contributed by atoms with Gasteiger partial charge in [-0.2, -0.15) is 0 Å². The van der Waals surface area contributed by atoms with E-state index in [2.05, 4.69) is 26.1 Å². The highest BCUT2D eigenvalue weighted by Gasteiger charge is 2.48. The molecule has 186 valence electrons. The van der Waals surface area contributed by atoms with Gasteiger partial charge in [0.25, 0.3) is 5.78 Å². The van der Waals surface area contributed by atoms with Gasteiger partial charge in [0.15, 0.2) is 4.34 Å². The lowest BCUT2D eigenvalue weighted by molar-refractivity contribution is -0.132. The van der Waals surface area contributed by atoms with Gasteiger partial charge in [0.1, 0.15) is 17.4 Å². The third kappa shape index (κ3) is 5.07. The fraction of sp³-hybridized carbons (Fsp3) is 0.0769. The van der Waals surface area contributed by atoms with Crippen molar-refractivity contribution in [2.45, 2.75) is 16.1 Å². The number of nitrogens with zero attached hydrogens (tertiary/aromatic N) is 3. The molecule has 0 spiro atoms. The first-order valence-electron chi connectivity index (χ1n) is 10.9. The summed E-state index contributed by atoms with van der Waals surface area (Å²) in [5.74, 6) is -2.68. The summed E-state index contributed by atoms with van der Waals surface area (Å²) >= 11 is 5.63. The summed E-state index contributed by atoms with van der Waals surface area (Å²) in [4.78, 5) is 27.6. The molecule has 4 aromatic rings. The van der Waals surface area contributed by atoms with E-state index in [-0.39, 0.29) is 22.3 Å². The topological polar surface area (TPSA) is 83.4 Å². The molecule has 3 aromatic carbocycles. The minimum absolute atomic E-state index is 0.127. The molecule has 1 aliphatic rings. The van der Waals surface area contributed by atoms with Crippen molar-refractivity contribution in [3.8, 4) is 0 Å². The molecule has 11 heteroatoms. The Balaban J connectivity index is 1.54. The van der Waals surface area contributed by atoms with E-state index in [9.17, 15) is 23.5 Å². The average molecular weight is 600 g/mol. The van der Waals surface area contributed by atoms with Crippen LogP contribution in [0, 0.1) is 11.6 Å². The number of rotatable bonds is 6. The maximum atomic E-state index is 14.0. The van der Waals surface area contributed by atoms with E-state index in [0.29, 0.717) is 26.8 Å². The molecule has 1 atom stereocenters. The second kappa shape index (κ2) is 10.5. The maximum Gasteiger partial charge on any atom is 0.301 e. The van der Waals surface area contributed by atoms with E-state index in [1.54, 1.807) is 42.5 Å². The number of amides is 1. The van der Waals surface area contributed by atoms with Crippen molar-refractivity contribution in [2.24, 2.45) is 0 Å². The van der Waals surface area contributed by atoms with Crippen molar-refractivity contribution < 1.29 is 23.5 Å². The molecule has 2 heterocycles. The molecule has 0 radical (unpaired) electrons. The standard InChI is InChI=1S/C26H16BrF2N3O3S2/c27-17-9-5-15(6-10-17)22(33)20-21(14-7-11-18(28)12-8-14)32(24(35)23(20)34)25-30-31-26(37-25)36-13-16-3-1-2-4-19(16)29/h1-12,21,33H,13H2/b22-20-. The van der Waals surface area contributed by atoms with Gasteiger partial charge in [0.2, 0.25) is 5.13 Å². The molecule has 1 N–H and O–H groups in total. The van der Waals surface area contributed by atoms with Gasteiger partial charge in [-0.15, -0.1) is 10.2 Å². The van der Waals surface area contributed by atoms with E-state index in [1.165, 1.54) is 42.1 Å². The van der Waals surface area contributed by atoms with E-state index in [1.807, 2.05) is 0 Å². The molecule has 1 aliphatic heterocycles. The van der Waals surface area contributed by atoms with E-state index in [0.717, 1.165) is 20.7 Å². The van der Waals surface area contributed by atoms with Gasteiger partial charge in [-0.3, -0.25) is 14.5 Å². The van der Waals surface area contributed by atoms with Crippen LogP contribution in [0.15, 0.2) is 87.2 Å². The van der Waals surface area contributed by atoms with Crippen molar-refractivity contribution in [2.75, 3.05) is 4.90 Å². The number of hydrogen-bond donors (Lipinski definition) is 1. The normalized spacial score (nSPS) is 16.9. The van der Waals surface area contributed by atoms with Crippen LogP contribution < -0.4 is 4.90 Å². The van der Waals surface area contributed by atoms with Gasteiger partial charge in [-0.25, -0.2) is 8.78 Å². The van der Waals surface area contributed by atoms with Crippen LogP contribution >= 0.6 is 39.0 Å². The predicted octanol–water partition coefficient (Wildman–Crippen LogP) is 6.50. The molecular weight excluding hydrogens is 584 g/mol. The maximum absolute atomic E-state index is 14.0. The Morgan fingerprint density at radius 2 is 1.70 bits per heavy atom. The first-order valence-corrected chi connectivity index (χ1v) is 13.4. The number of aromatic nitrogens is 2. The Morgan fingerprint density at radius 1 is 1.00 bits per heavy atom. The molecule has 0 saturated carbocycles. The molecule has 6 nitrogen and oxygen atoms in total. The largest absolute Gasteiger partial charge is 0.507 e. The number of benzene rings is 3. The Bertz CT molecular complexity index is 1520.